The van der Waals surface area contributed by atoms with E-state index in [9.17, 15) is 0 Å². The van der Waals surface area contributed by atoms with Gasteiger partial charge in [-0.15, -0.1) is 0 Å². The zero-order valence-corrected chi connectivity index (χ0v) is 10.2. The maximum absolute atomic E-state index is 5.95. The lowest BCUT2D eigenvalue weighted by atomic mass is 10.1. The van der Waals surface area contributed by atoms with Crippen molar-refractivity contribution in [2.45, 2.75) is 13.0 Å². The van der Waals surface area contributed by atoms with Crippen molar-refractivity contribution in [3.05, 3.63) is 34.9 Å². The fourth-order valence-electron chi connectivity index (χ4n) is 1.31. The second kappa shape index (κ2) is 6.33. The number of rotatable bonds is 5. The summed E-state index contributed by atoms with van der Waals surface area (Å²) in [5.74, 6) is 2.24. The lowest BCUT2D eigenvalue weighted by Gasteiger charge is -2.15. The van der Waals surface area contributed by atoms with E-state index in [1.54, 1.807) is 0 Å². The monoisotopic (exact) mass is 229 g/mol. The van der Waals surface area contributed by atoms with E-state index in [2.05, 4.69) is 18.3 Å². The first-order chi connectivity index (χ1) is 6.77. The number of hydrogen-bond donors (Lipinski definition) is 1. The molecule has 0 spiro atoms. The van der Waals surface area contributed by atoms with Crippen LogP contribution >= 0.6 is 23.4 Å². The van der Waals surface area contributed by atoms with Gasteiger partial charge in [-0.25, -0.2) is 0 Å². The van der Waals surface area contributed by atoms with Crippen molar-refractivity contribution in [1.82, 2.24) is 5.32 Å². The highest BCUT2D eigenvalue weighted by Crippen LogP contribution is 2.20. The van der Waals surface area contributed by atoms with Crippen LogP contribution in [0.1, 0.15) is 18.5 Å². The van der Waals surface area contributed by atoms with Gasteiger partial charge in [-0.3, -0.25) is 0 Å². The van der Waals surface area contributed by atoms with Crippen LogP contribution in [0.4, 0.5) is 0 Å². The summed E-state index contributed by atoms with van der Waals surface area (Å²) in [5, 5.41) is 4.11. The van der Waals surface area contributed by atoms with Crippen LogP contribution in [0.25, 0.3) is 0 Å². The molecular weight excluding hydrogens is 214 g/mol. The Morgan fingerprint density at radius 1 is 1.50 bits per heavy atom. The van der Waals surface area contributed by atoms with Gasteiger partial charge in [0.25, 0.3) is 0 Å². The predicted octanol–water partition coefficient (Wildman–Crippen LogP) is 3.35. The number of benzene rings is 1. The molecule has 0 aliphatic rings. The van der Waals surface area contributed by atoms with Crippen LogP contribution in [-0.4, -0.2) is 18.6 Å². The van der Waals surface area contributed by atoms with E-state index < -0.39 is 0 Å². The van der Waals surface area contributed by atoms with Gasteiger partial charge in [-0.1, -0.05) is 30.7 Å². The maximum atomic E-state index is 5.95. The highest BCUT2D eigenvalue weighted by Gasteiger charge is 2.08. The predicted molar refractivity (Wildman–Crippen MR) is 66.3 cm³/mol. The zero-order chi connectivity index (χ0) is 10.4. The normalized spacial score (nSPS) is 12.8. The molecule has 0 aliphatic heterocycles. The molecule has 0 bridgehead atoms. The smallest absolute Gasteiger partial charge is 0.0409 e. The van der Waals surface area contributed by atoms with Crippen LogP contribution in [0.5, 0.6) is 0 Å². The van der Waals surface area contributed by atoms with Crippen molar-refractivity contribution in [1.29, 1.82) is 0 Å². The van der Waals surface area contributed by atoms with E-state index >= 15 is 0 Å². The molecular formula is C11H16ClNS. The molecule has 0 amide bonds. The summed E-state index contributed by atoms with van der Waals surface area (Å²) in [4.78, 5) is 0. The van der Waals surface area contributed by atoms with Crippen molar-refractivity contribution >= 4 is 23.4 Å². The van der Waals surface area contributed by atoms with Gasteiger partial charge in [0, 0.05) is 16.8 Å². The fraction of sp³-hybridized carbons (Fsp3) is 0.455. The minimum absolute atomic E-state index is 0.402. The second-order valence-corrected chi connectivity index (χ2v) is 4.81. The summed E-state index contributed by atoms with van der Waals surface area (Å²) >= 11 is 7.88. The number of hydrogen-bond acceptors (Lipinski definition) is 2. The first-order valence-corrected chi connectivity index (χ1v) is 6.31. The molecule has 0 saturated carbocycles. The Hall–Kier alpha value is -0.180. The Morgan fingerprint density at radius 3 is 2.86 bits per heavy atom. The molecule has 0 fully saturated rings. The number of nitrogens with one attached hydrogen (secondary N) is 1. The largest absolute Gasteiger partial charge is 0.312 e. The van der Waals surface area contributed by atoms with Crippen LogP contribution in [0.2, 0.25) is 5.02 Å². The number of thioether (sulfide) groups is 1. The highest BCUT2D eigenvalue weighted by molar-refractivity contribution is 7.99. The summed E-state index contributed by atoms with van der Waals surface area (Å²) < 4.78 is 0. The van der Waals surface area contributed by atoms with Gasteiger partial charge in [0.2, 0.25) is 0 Å². The summed E-state index contributed by atoms with van der Waals surface area (Å²) in [6.07, 6.45) is 0. The molecule has 14 heavy (non-hydrogen) atoms. The number of halogens is 1. The van der Waals surface area contributed by atoms with Crippen LogP contribution in [-0.2, 0) is 0 Å². The molecule has 1 rings (SSSR count). The molecule has 0 aromatic heterocycles. The molecule has 1 aromatic carbocycles. The fourth-order valence-corrected chi connectivity index (χ4v) is 2.33. The lowest BCUT2D eigenvalue weighted by Crippen LogP contribution is -2.18. The van der Waals surface area contributed by atoms with Crippen molar-refractivity contribution in [3.8, 4) is 0 Å². The zero-order valence-electron chi connectivity index (χ0n) is 8.59. The maximum Gasteiger partial charge on any atom is 0.0409 e. The summed E-state index contributed by atoms with van der Waals surface area (Å²) in [5.41, 5.74) is 1.26. The van der Waals surface area contributed by atoms with E-state index in [-0.39, 0.29) is 0 Å². The molecule has 1 unspecified atom stereocenters. The Kier molecular flexibility index (Phi) is 5.38. The minimum Gasteiger partial charge on any atom is -0.312 e. The molecule has 1 atom stereocenters. The standard InChI is InChI=1S/C11H16ClNS/c1-3-14-8-11(13-2)9-5-4-6-10(12)7-9/h4-7,11,13H,3,8H2,1-2H3. The Balaban J connectivity index is 2.68. The average molecular weight is 230 g/mol. The van der Waals surface area contributed by atoms with E-state index in [0.29, 0.717) is 6.04 Å². The molecule has 1 N–H and O–H groups in total. The van der Waals surface area contributed by atoms with Gasteiger partial charge in [-0.05, 0) is 30.5 Å². The topological polar surface area (TPSA) is 12.0 Å². The summed E-state index contributed by atoms with van der Waals surface area (Å²) in [7, 11) is 1.99. The Morgan fingerprint density at radius 2 is 2.29 bits per heavy atom. The first-order valence-electron chi connectivity index (χ1n) is 4.78. The summed E-state index contributed by atoms with van der Waals surface area (Å²) in [6, 6.07) is 8.45. The van der Waals surface area contributed by atoms with E-state index in [1.807, 2.05) is 37.0 Å². The molecule has 0 aliphatic carbocycles. The molecule has 0 heterocycles. The van der Waals surface area contributed by atoms with Crippen LogP contribution in [0.3, 0.4) is 0 Å². The molecule has 3 heteroatoms. The van der Waals surface area contributed by atoms with Gasteiger partial charge in [0.05, 0.1) is 0 Å². The van der Waals surface area contributed by atoms with Crippen molar-refractivity contribution in [2.75, 3.05) is 18.6 Å². The molecule has 0 saturated heterocycles. The van der Waals surface area contributed by atoms with Gasteiger partial charge < -0.3 is 5.32 Å². The van der Waals surface area contributed by atoms with Crippen molar-refractivity contribution in [3.63, 3.8) is 0 Å². The Labute approximate surface area is 95.2 Å². The SMILES string of the molecule is CCSCC(NC)c1cccc(Cl)c1. The van der Waals surface area contributed by atoms with Crippen LogP contribution < -0.4 is 5.32 Å². The van der Waals surface area contributed by atoms with Gasteiger partial charge >= 0.3 is 0 Å². The minimum atomic E-state index is 0.402. The third-order valence-electron chi connectivity index (χ3n) is 2.09. The first kappa shape index (κ1) is 11.9. The third kappa shape index (κ3) is 3.52. The quantitative estimate of drug-likeness (QED) is 0.831. The second-order valence-electron chi connectivity index (χ2n) is 3.06. The third-order valence-corrected chi connectivity index (χ3v) is 3.30. The van der Waals surface area contributed by atoms with E-state index in [1.165, 1.54) is 5.56 Å². The highest BCUT2D eigenvalue weighted by atomic mass is 35.5. The van der Waals surface area contributed by atoms with Gasteiger partial charge in [0.15, 0.2) is 0 Å². The van der Waals surface area contributed by atoms with Crippen molar-refractivity contribution < 1.29 is 0 Å². The summed E-state index contributed by atoms with van der Waals surface area (Å²) in [6.45, 7) is 2.18. The molecule has 1 aromatic rings. The van der Waals surface area contributed by atoms with Crippen LogP contribution in [0.15, 0.2) is 24.3 Å². The lowest BCUT2D eigenvalue weighted by molar-refractivity contribution is 0.662. The van der Waals surface area contributed by atoms with Crippen molar-refractivity contribution in [2.24, 2.45) is 0 Å². The van der Waals surface area contributed by atoms with E-state index in [4.69, 9.17) is 11.6 Å². The molecule has 78 valence electrons. The molecule has 0 radical (unpaired) electrons. The molecule has 1 nitrogen and oxygen atoms in total. The Bertz CT molecular complexity index is 278. The average Bonchev–Trinajstić information content (AvgIpc) is 2.19. The van der Waals surface area contributed by atoms with E-state index in [0.717, 1.165) is 16.5 Å². The van der Waals surface area contributed by atoms with Crippen LogP contribution in [0, 0.1) is 0 Å². The van der Waals surface area contributed by atoms with Gasteiger partial charge in [0.1, 0.15) is 0 Å². The van der Waals surface area contributed by atoms with Gasteiger partial charge in [-0.2, -0.15) is 11.8 Å².